The van der Waals surface area contributed by atoms with Crippen molar-refractivity contribution in [3.8, 4) is 11.3 Å². The Kier molecular flexibility index (Phi) is 6.36. The fourth-order valence-electron chi connectivity index (χ4n) is 5.54. The number of aryl methyl sites for hydroxylation is 1. The van der Waals surface area contributed by atoms with Crippen molar-refractivity contribution in [2.45, 2.75) is 65.3 Å². The molecule has 5 rings (SSSR count). The zero-order chi connectivity index (χ0) is 24.7. The molecule has 1 amide bonds. The Bertz CT molecular complexity index is 1360. The highest BCUT2D eigenvalue weighted by Crippen LogP contribution is 2.38. The van der Waals surface area contributed by atoms with Crippen LogP contribution in [0.25, 0.3) is 27.8 Å². The fraction of sp³-hybridized carbons (Fsp3) is 0.464. The van der Waals surface area contributed by atoms with Crippen LogP contribution in [0.5, 0.6) is 0 Å². The maximum absolute atomic E-state index is 12.2. The number of carbonyl (C=O) groups excluding carboxylic acids is 1. The van der Waals surface area contributed by atoms with E-state index in [0.717, 1.165) is 42.7 Å². The number of H-pyrrole nitrogens is 1. The van der Waals surface area contributed by atoms with E-state index in [2.05, 4.69) is 76.5 Å². The van der Waals surface area contributed by atoms with Gasteiger partial charge in [-0.3, -0.25) is 9.69 Å². The van der Waals surface area contributed by atoms with Gasteiger partial charge in [0, 0.05) is 28.7 Å². The van der Waals surface area contributed by atoms with Gasteiger partial charge in [-0.15, -0.1) is 0 Å². The number of likely N-dealkylation sites (tertiary alicyclic amines) is 1. The van der Waals surface area contributed by atoms with Crippen LogP contribution < -0.4 is 5.32 Å². The number of pyridine rings is 1. The van der Waals surface area contributed by atoms with E-state index < -0.39 is 0 Å². The van der Waals surface area contributed by atoms with Crippen LogP contribution in [-0.2, 0) is 4.79 Å². The summed E-state index contributed by atoms with van der Waals surface area (Å²) >= 11 is 0. The molecule has 0 spiro atoms. The van der Waals surface area contributed by atoms with Gasteiger partial charge in [0.2, 0.25) is 5.91 Å². The van der Waals surface area contributed by atoms with Crippen molar-refractivity contribution in [3.63, 3.8) is 0 Å². The maximum atomic E-state index is 12.2. The number of benzene rings is 1. The van der Waals surface area contributed by atoms with Crippen LogP contribution in [0.3, 0.4) is 0 Å². The summed E-state index contributed by atoms with van der Waals surface area (Å²) in [5, 5.41) is 8.68. The summed E-state index contributed by atoms with van der Waals surface area (Å²) in [4.78, 5) is 22.5. The fourth-order valence-corrected chi connectivity index (χ4v) is 5.54. The summed E-state index contributed by atoms with van der Waals surface area (Å²) < 4.78 is 1.86. The molecule has 1 aliphatic heterocycles. The number of hydrogen-bond acceptors (Lipinski definition) is 4. The van der Waals surface area contributed by atoms with Gasteiger partial charge in [0.1, 0.15) is 6.33 Å². The van der Waals surface area contributed by atoms with E-state index in [1.165, 1.54) is 27.7 Å². The number of piperidine rings is 1. The summed E-state index contributed by atoms with van der Waals surface area (Å²) in [6, 6.07) is 9.31. The molecule has 4 aromatic rings. The number of aromatic amines is 1. The third kappa shape index (κ3) is 4.69. The number of hydrogen-bond donors (Lipinski definition) is 2. The molecule has 7 nitrogen and oxygen atoms in total. The number of nitrogens with one attached hydrogen (secondary N) is 2. The molecule has 0 atom stereocenters. The molecule has 1 saturated heterocycles. The van der Waals surface area contributed by atoms with Crippen LogP contribution in [0, 0.1) is 6.92 Å². The number of rotatable bonds is 6. The third-order valence-corrected chi connectivity index (χ3v) is 7.16. The number of amides is 1. The zero-order valence-corrected chi connectivity index (χ0v) is 21.4. The molecule has 4 heterocycles. The molecule has 35 heavy (non-hydrogen) atoms. The van der Waals surface area contributed by atoms with E-state index in [1.54, 1.807) is 6.33 Å². The smallest absolute Gasteiger partial charge is 0.234 e. The van der Waals surface area contributed by atoms with Crippen molar-refractivity contribution < 1.29 is 4.79 Å². The van der Waals surface area contributed by atoms with E-state index in [9.17, 15) is 4.79 Å². The first-order valence-electron chi connectivity index (χ1n) is 12.8. The predicted octanol–water partition coefficient (Wildman–Crippen LogP) is 5.01. The highest BCUT2D eigenvalue weighted by Gasteiger charge is 2.24. The Hall–Kier alpha value is -3.19. The third-order valence-electron chi connectivity index (χ3n) is 7.16. The molecule has 184 valence electrons. The highest BCUT2D eigenvalue weighted by atomic mass is 16.2. The summed E-state index contributed by atoms with van der Waals surface area (Å²) in [5.41, 5.74) is 8.23. The summed E-state index contributed by atoms with van der Waals surface area (Å²) in [5.74, 6) is 1.03. The Labute approximate surface area is 206 Å². The second-order valence-corrected chi connectivity index (χ2v) is 10.6. The van der Waals surface area contributed by atoms with Crippen molar-refractivity contribution >= 4 is 22.5 Å². The number of nitrogens with zero attached hydrogens (tertiary/aromatic N) is 4. The van der Waals surface area contributed by atoms with Crippen molar-refractivity contribution in [2.24, 2.45) is 0 Å². The van der Waals surface area contributed by atoms with Crippen molar-refractivity contribution in [3.05, 3.63) is 53.5 Å². The molecule has 1 fully saturated rings. The maximum Gasteiger partial charge on any atom is 0.234 e. The molecular formula is C28H36N6O. The van der Waals surface area contributed by atoms with Crippen LogP contribution in [0.2, 0.25) is 0 Å². The van der Waals surface area contributed by atoms with E-state index in [1.807, 2.05) is 18.4 Å². The topological polar surface area (TPSA) is 78.3 Å². The van der Waals surface area contributed by atoms with E-state index >= 15 is 0 Å². The highest BCUT2D eigenvalue weighted by molar-refractivity contribution is 5.92. The lowest BCUT2D eigenvalue weighted by molar-refractivity contribution is -0.123. The summed E-state index contributed by atoms with van der Waals surface area (Å²) in [7, 11) is 0. The molecule has 2 N–H and O–H groups in total. The minimum absolute atomic E-state index is 0.126. The van der Waals surface area contributed by atoms with Gasteiger partial charge in [-0.05, 0) is 93.4 Å². The molecule has 0 unspecified atom stereocenters. The Morgan fingerprint density at radius 3 is 2.66 bits per heavy atom. The van der Waals surface area contributed by atoms with E-state index in [0.29, 0.717) is 18.4 Å². The number of fused-ring (bicyclic) bond motifs is 2. The molecular weight excluding hydrogens is 436 g/mol. The Morgan fingerprint density at radius 2 is 1.94 bits per heavy atom. The molecule has 3 aromatic heterocycles. The van der Waals surface area contributed by atoms with Gasteiger partial charge in [-0.2, -0.15) is 5.10 Å². The van der Waals surface area contributed by atoms with E-state index in [-0.39, 0.29) is 11.9 Å². The lowest BCUT2D eigenvalue weighted by Gasteiger charge is -2.32. The first-order chi connectivity index (χ1) is 16.8. The van der Waals surface area contributed by atoms with Gasteiger partial charge < -0.3 is 10.3 Å². The Morgan fingerprint density at radius 1 is 1.17 bits per heavy atom. The first kappa shape index (κ1) is 23.5. The molecule has 1 aromatic carbocycles. The van der Waals surface area contributed by atoms with Crippen LogP contribution in [0.15, 0.2) is 36.8 Å². The van der Waals surface area contributed by atoms with Crippen LogP contribution >= 0.6 is 0 Å². The molecule has 0 bridgehead atoms. The van der Waals surface area contributed by atoms with Gasteiger partial charge >= 0.3 is 0 Å². The minimum Gasteiger partial charge on any atom is -0.354 e. The SMILES string of the molecule is Cc1cc(-c2[nH]c3ccc(C4CCN(CC(=O)NC(C)C)CC4)cc3c2C(C)C)cn2ncnc12. The van der Waals surface area contributed by atoms with Crippen molar-refractivity contribution in [1.29, 1.82) is 0 Å². The average molecular weight is 473 g/mol. The first-order valence-corrected chi connectivity index (χ1v) is 12.8. The van der Waals surface area contributed by atoms with E-state index in [4.69, 9.17) is 0 Å². The van der Waals surface area contributed by atoms with Crippen LogP contribution in [-0.4, -0.2) is 56.1 Å². The second-order valence-electron chi connectivity index (χ2n) is 10.6. The lowest BCUT2D eigenvalue weighted by atomic mass is 9.87. The van der Waals surface area contributed by atoms with Crippen LogP contribution in [0.4, 0.5) is 0 Å². The van der Waals surface area contributed by atoms with Crippen molar-refractivity contribution in [1.82, 2.24) is 29.8 Å². The number of aromatic nitrogens is 4. The normalized spacial score (nSPS) is 15.6. The number of carbonyl (C=O) groups is 1. The molecule has 7 heteroatoms. The van der Waals surface area contributed by atoms with Crippen molar-refractivity contribution in [2.75, 3.05) is 19.6 Å². The van der Waals surface area contributed by atoms with Crippen LogP contribution in [0.1, 0.15) is 69.1 Å². The summed E-state index contributed by atoms with van der Waals surface area (Å²) in [6.07, 6.45) is 5.83. The van der Waals surface area contributed by atoms with Gasteiger partial charge in [-0.1, -0.05) is 19.9 Å². The second kappa shape index (κ2) is 9.46. The zero-order valence-electron chi connectivity index (χ0n) is 21.4. The van der Waals surface area contributed by atoms with Gasteiger partial charge in [0.25, 0.3) is 0 Å². The van der Waals surface area contributed by atoms with Gasteiger partial charge in [-0.25, -0.2) is 9.50 Å². The average Bonchev–Trinajstić information content (AvgIpc) is 3.43. The monoisotopic (exact) mass is 472 g/mol. The molecule has 0 saturated carbocycles. The quantitative estimate of drug-likeness (QED) is 0.413. The van der Waals surface area contributed by atoms with Gasteiger partial charge in [0.05, 0.1) is 12.2 Å². The molecule has 1 aliphatic rings. The molecule has 0 radical (unpaired) electrons. The lowest BCUT2D eigenvalue weighted by Crippen LogP contribution is -2.43. The van der Waals surface area contributed by atoms with Gasteiger partial charge in [0.15, 0.2) is 5.65 Å². The standard InChI is InChI=1S/C28H36N6O/c1-17(2)26-23-13-21(20-8-10-33(11-9-20)15-25(35)31-18(3)4)6-7-24(23)32-27(26)22-12-19(5)28-29-16-30-34(28)14-22/h6-7,12-14,16-18,20,32H,8-11,15H2,1-5H3,(H,31,35). The largest absolute Gasteiger partial charge is 0.354 e. The minimum atomic E-state index is 0.126. The summed E-state index contributed by atoms with van der Waals surface area (Å²) in [6.45, 7) is 13.0. The predicted molar refractivity (Wildman–Crippen MR) is 141 cm³/mol. The molecule has 0 aliphatic carbocycles. The Balaban J connectivity index is 1.41.